The van der Waals surface area contributed by atoms with Crippen molar-refractivity contribution in [3.05, 3.63) is 18.2 Å². The SMILES string of the molecule is CCOC(=O)CCCn1cncc1C(C)(C)N. The van der Waals surface area contributed by atoms with E-state index in [1.165, 1.54) is 0 Å². The fraction of sp³-hybridized carbons (Fsp3) is 0.667. The van der Waals surface area contributed by atoms with Gasteiger partial charge < -0.3 is 15.0 Å². The van der Waals surface area contributed by atoms with Crippen LogP contribution in [-0.4, -0.2) is 22.1 Å². The van der Waals surface area contributed by atoms with Crippen molar-refractivity contribution >= 4 is 5.97 Å². The molecule has 1 aromatic heterocycles. The zero-order chi connectivity index (χ0) is 12.9. The molecule has 2 N–H and O–H groups in total. The maximum absolute atomic E-state index is 11.2. The molecular weight excluding hydrogens is 218 g/mol. The summed E-state index contributed by atoms with van der Waals surface area (Å²) >= 11 is 0. The first-order valence-corrected chi connectivity index (χ1v) is 5.90. The minimum Gasteiger partial charge on any atom is -0.466 e. The van der Waals surface area contributed by atoms with Crippen LogP contribution in [0.2, 0.25) is 0 Å². The number of carbonyl (C=O) groups is 1. The number of hydrogen-bond donors (Lipinski definition) is 1. The predicted molar refractivity (Wildman–Crippen MR) is 65.3 cm³/mol. The second-order valence-corrected chi connectivity index (χ2v) is 4.60. The van der Waals surface area contributed by atoms with E-state index in [0.29, 0.717) is 13.0 Å². The Morgan fingerprint density at radius 1 is 1.59 bits per heavy atom. The Hall–Kier alpha value is -1.36. The molecule has 0 aliphatic rings. The van der Waals surface area contributed by atoms with Crippen molar-refractivity contribution < 1.29 is 9.53 Å². The molecule has 0 aromatic carbocycles. The zero-order valence-corrected chi connectivity index (χ0v) is 10.8. The van der Waals surface area contributed by atoms with Crippen molar-refractivity contribution in [1.82, 2.24) is 9.55 Å². The van der Waals surface area contributed by atoms with Gasteiger partial charge in [-0.25, -0.2) is 4.98 Å². The quantitative estimate of drug-likeness (QED) is 0.762. The monoisotopic (exact) mass is 239 g/mol. The van der Waals surface area contributed by atoms with Gasteiger partial charge in [0.15, 0.2) is 0 Å². The van der Waals surface area contributed by atoms with Crippen LogP contribution >= 0.6 is 0 Å². The van der Waals surface area contributed by atoms with E-state index in [1.54, 1.807) is 12.5 Å². The summed E-state index contributed by atoms with van der Waals surface area (Å²) in [6, 6.07) is 0. The van der Waals surface area contributed by atoms with Crippen LogP contribution in [0.3, 0.4) is 0 Å². The first-order valence-electron chi connectivity index (χ1n) is 5.90. The number of hydrogen-bond acceptors (Lipinski definition) is 4. The lowest BCUT2D eigenvalue weighted by atomic mass is 10.0. The van der Waals surface area contributed by atoms with E-state index >= 15 is 0 Å². The molecule has 0 unspecified atom stereocenters. The molecular formula is C12H21N3O2. The summed E-state index contributed by atoms with van der Waals surface area (Å²) in [7, 11) is 0. The van der Waals surface area contributed by atoms with Gasteiger partial charge >= 0.3 is 5.97 Å². The van der Waals surface area contributed by atoms with Crippen LogP contribution in [0.4, 0.5) is 0 Å². The molecule has 0 atom stereocenters. The van der Waals surface area contributed by atoms with Crippen molar-refractivity contribution in [2.45, 2.75) is 45.7 Å². The third-order valence-corrected chi connectivity index (χ3v) is 2.46. The van der Waals surface area contributed by atoms with Crippen LogP contribution in [0.5, 0.6) is 0 Å². The van der Waals surface area contributed by atoms with Gasteiger partial charge in [-0.05, 0) is 27.2 Å². The van der Waals surface area contributed by atoms with Gasteiger partial charge in [0.05, 0.1) is 24.2 Å². The highest BCUT2D eigenvalue weighted by Gasteiger charge is 2.18. The molecule has 96 valence electrons. The van der Waals surface area contributed by atoms with E-state index < -0.39 is 5.54 Å². The maximum atomic E-state index is 11.2. The minimum atomic E-state index is -0.416. The molecule has 1 heterocycles. The van der Waals surface area contributed by atoms with Crippen molar-refractivity contribution in [1.29, 1.82) is 0 Å². The van der Waals surface area contributed by atoms with Gasteiger partial charge in [0.2, 0.25) is 0 Å². The second kappa shape index (κ2) is 5.82. The maximum Gasteiger partial charge on any atom is 0.305 e. The lowest BCUT2D eigenvalue weighted by Gasteiger charge is -2.20. The van der Waals surface area contributed by atoms with Crippen molar-refractivity contribution in [2.75, 3.05) is 6.61 Å². The summed E-state index contributed by atoms with van der Waals surface area (Å²) in [5.74, 6) is -0.152. The number of carbonyl (C=O) groups excluding carboxylic acids is 1. The van der Waals surface area contributed by atoms with Crippen molar-refractivity contribution in [2.24, 2.45) is 5.73 Å². The molecule has 17 heavy (non-hydrogen) atoms. The second-order valence-electron chi connectivity index (χ2n) is 4.60. The average molecular weight is 239 g/mol. The number of imidazole rings is 1. The Kier molecular flexibility index (Phi) is 4.69. The van der Waals surface area contributed by atoms with Crippen LogP contribution in [0.1, 0.15) is 39.3 Å². The molecule has 0 saturated carbocycles. The number of ether oxygens (including phenoxy) is 1. The normalized spacial score (nSPS) is 11.5. The van der Waals surface area contributed by atoms with Gasteiger partial charge in [0.1, 0.15) is 0 Å². The summed E-state index contributed by atoms with van der Waals surface area (Å²) in [5.41, 5.74) is 6.59. The highest BCUT2D eigenvalue weighted by atomic mass is 16.5. The molecule has 0 aliphatic carbocycles. The molecule has 1 rings (SSSR count). The van der Waals surface area contributed by atoms with Crippen LogP contribution in [0.15, 0.2) is 12.5 Å². The number of nitrogens with zero attached hydrogens (tertiary/aromatic N) is 2. The summed E-state index contributed by atoms with van der Waals surface area (Å²) in [6.45, 7) is 6.85. The summed E-state index contributed by atoms with van der Waals surface area (Å²) in [6.07, 6.45) is 4.67. The van der Waals surface area contributed by atoms with Gasteiger partial charge in [-0.1, -0.05) is 0 Å². The van der Waals surface area contributed by atoms with Crippen molar-refractivity contribution in [3.63, 3.8) is 0 Å². The Morgan fingerprint density at radius 3 is 2.88 bits per heavy atom. The minimum absolute atomic E-state index is 0.152. The molecule has 5 heteroatoms. The fourth-order valence-electron chi connectivity index (χ4n) is 1.66. The molecule has 0 fully saturated rings. The third kappa shape index (κ3) is 4.19. The van der Waals surface area contributed by atoms with Gasteiger partial charge in [-0.15, -0.1) is 0 Å². The molecule has 5 nitrogen and oxygen atoms in total. The molecule has 0 saturated heterocycles. The number of aromatic nitrogens is 2. The topological polar surface area (TPSA) is 70.1 Å². The van der Waals surface area contributed by atoms with E-state index in [0.717, 1.165) is 18.7 Å². The molecule has 1 aromatic rings. The molecule has 0 amide bonds. The first-order chi connectivity index (χ1) is 7.95. The largest absolute Gasteiger partial charge is 0.466 e. The first kappa shape index (κ1) is 13.7. The standard InChI is InChI=1S/C12H21N3O2/c1-4-17-11(16)6-5-7-15-9-14-8-10(15)12(2,3)13/h8-9H,4-7,13H2,1-3H3. The fourth-order valence-corrected chi connectivity index (χ4v) is 1.66. The van der Waals surface area contributed by atoms with Crippen LogP contribution in [0, 0.1) is 0 Å². The van der Waals surface area contributed by atoms with Gasteiger partial charge in [0.25, 0.3) is 0 Å². The van der Waals surface area contributed by atoms with Gasteiger partial charge in [-0.3, -0.25) is 4.79 Å². The average Bonchev–Trinajstić information content (AvgIpc) is 2.65. The Morgan fingerprint density at radius 2 is 2.29 bits per heavy atom. The Bertz CT molecular complexity index is 366. The highest BCUT2D eigenvalue weighted by molar-refractivity contribution is 5.69. The number of aryl methyl sites for hydroxylation is 1. The smallest absolute Gasteiger partial charge is 0.305 e. The van der Waals surface area contributed by atoms with E-state index in [9.17, 15) is 4.79 Å². The van der Waals surface area contributed by atoms with Crippen LogP contribution in [0.25, 0.3) is 0 Å². The van der Waals surface area contributed by atoms with E-state index in [-0.39, 0.29) is 5.97 Å². The van der Waals surface area contributed by atoms with Crippen LogP contribution < -0.4 is 5.73 Å². The molecule has 0 aliphatic heterocycles. The van der Waals surface area contributed by atoms with Crippen LogP contribution in [-0.2, 0) is 21.6 Å². The lowest BCUT2D eigenvalue weighted by molar-refractivity contribution is -0.143. The molecule has 0 radical (unpaired) electrons. The number of esters is 1. The summed E-state index contributed by atoms with van der Waals surface area (Å²) in [4.78, 5) is 15.3. The lowest BCUT2D eigenvalue weighted by Crippen LogP contribution is -2.31. The number of nitrogens with two attached hydrogens (primary N) is 1. The summed E-state index contributed by atoms with van der Waals surface area (Å²) in [5, 5.41) is 0. The van der Waals surface area contributed by atoms with Gasteiger partial charge in [0, 0.05) is 19.2 Å². The Labute approximate surface area is 102 Å². The zero-order valence-electron chi connectivity index (χ0n) is 10.8. The number of rotatable bonds is 6. The summed E-state index contributed by atoms with van der Waals surface area (Å²) < 4.78 is 6.86. The van der Waals surface area contributed by atoms with E-state index in [2.05, 4.69) is 4.98 Å². The molecule has 0 bridgehead atoms. The highest BCUT2D eigenvalue weighted by Crippen LogP contribution is 2.16. The van der Waals surface area contributed by atoms with E-state index in [1.807, 2.05) is 25.3 Å². The van der Waals surface area contributed by atoms with E-state index in [4.69, 9.17) is 10.5 Å². The van der Waals surface area contributed by atoms with Gasteiger partial charge in [-0.2, -0.15) is 0 Å². The Balaban J connectivity index is 2.48. The third-order valence-electron chi connectivity index (χ3n) is 2.46. The predicted octanol–water partition coefficient (Wildman–Crippen LogP) is 1.42. The molecule has 0 spiro atoms. The van der Waals surface area contributed by atoms with Crippen molar-refractivity contribution in [3.8, 4) is 0 Å².